The van der Waals surface area contributed by atoms with Gasteiger partial charge in [0.25, 0.3) is 17.3 Å². The SMILES string of the molecule is Cc1cc(C)c(CN2CCc3cc4c(c(C)c3C2=O)OC(C)(C2CCC(N(C)C)CC2)O4)c(=O)[nH]1. The lowest BCUT2D eigenvalue weighted by atomic mass is 9.81. The van der Waals surface area contributed by atoms with Gasteiger partial charge in [0.1, 0.15) is 0 Å². The smallest absolute Gasteiger partial charge is 0.254 e. The van der Waals surface area contributed by atoms with Crippen molar-refractivity contribution in [3.05, 3.63) is 56.0 Å². The molecule has 1 unspecified atom stereocenters. The van der Waals surface area contributed by atoms with E-state index in [1.807, 2.05) is 39.8 Å². The largest absolute Gasteiger partial charge is 0.448 e. The Kier molecular flexibility index (Phi) is 5.94. The highest BCUT2D eigenvalue weighted by Gasteiger charge is 2.47. The Morgan fingerprint density at radius 1 is 1.09 bits per heavy atom. The molecule has 1 atom stereocenters. The second-order valence-corrected chi connectivity index (χ2v) is 11.0. The monoisotopic (exact) mass is 479 g/mol. The van der Waals surface area contributed by atoms with Gasteiger partial charge in [-0.2, -0.15) is 0 Å². The molecule has 7 heteroatoms. The summed E-state index contributed by atoms with van der Waals surface area (Å²) in [4.78, 5) is 33.1. The molecule has 1 aromatic carbocycles. The Bertz CT molecular complexity index is 1230. The van der Waals surface area contributed by atoms with E-state index in [-0.39, 0.29) is 11.5 Å². The third-order valence-electron chi connectivity index (χ3n) is 8.35. The van der Waals surface area contributed by atoms with Crippen LogP contribution in [0.3, 0.4) is 0 Å². The maximum atomic E-state index is 13.6. The number of rotatable bonds is 4. The van der Waals surface area contributed by atoms with Crippen molar-refractivity contribution in [1.82, 2.24) is 14.8 Å². The summed E-state index contributed by atoms with van der Waals surface area (Å²) in [6, 6.07) is 4.57. The van der Waals surface area contributed by atoms with Gasteiger partial charge in [-0.15, -0.1) is 0 Å². The van der Waals surface area contributed by atoms with E-state index in [0.717, 1.165) is 60.2 Å². The molecule has 1 fully saturated rings. The number of H-pyrrole nitrogens is 1. The van der Waals surface area contributed by atoms with Crippen LogP contribution < -0.4 is 15.0 Å². The molecule has 0 saturated heterocycles. The van der Waals surface area contributed by atoms with Gasteiger partial charge in [0.2, 0.25) is 0 Å². The molecule has 1 N–H and O–H groups in total. The Morgan fingerprint density at radius 2 is 1.80 bits per heavy atom. The molecule has 3 aliphatic rings. The maximum Gasteiger partial charge on any atom is 0.254 e. The maximum absolute atomic E-state index is 13.6. The standard InChI is InChI=1S/C28H37N3O4/c1-16-13-17(2)29-26(32)22(16)15-31-12-11-19-14-23-25(18(3)24(19)27(31)33)35-28(4,34-23)20-7-9-21(10-8-20)30(5)6/h13-14,20-21H,7-12,15H2,1-6H3,(H,29,32). The quantitative estimate of drug-likeness (QED) is 0.715. The zero-order valence-corrected chi connectivity index (χ0v) is 21.8. The molecule has 2 aliphatic heterocycles. The zero-order chi connectivity index (χ0) is 25.1. The topological polar surface area (TPSA) is 74.9 Å². The zero-order valence-electron chi connectivity index (χ0n) is 21.8. The number of aryl methyl sites for hydroxylation is 2. The lowest BCUT2D eigenvalue weighted by molar-refractivity contribution is -0.123. The van der Waals surface area contributed by atoms with Gasteiger partial charge in [0.05, 0.1) is 6.54 Å². The highest BCUT2D eigenvalue weighted by molar-refractivity contribution is 5.99. The van der Waals surface area contributed by atoms with E-state index in [4.69, 9.17) is 9.47 Å². The molecule has 188 valence electrons. The minimum absolute atomic E-state index is 0.0466. The highest BCUT2D eigenvalue weighted by Crippen LogP contribution is 2.50. The predicted octanol–water partition coefficient (Wildman–Crippen LogP) is 4.11. The Morgan fingerprint density at radius 3 is 2.46 bits per heavy atom. The van der Waals surface area contributed by atoms with Crippen molar-refractivity contribution in [3.8, 4) is 11.5 Å². The first-order valence-corrected chi connectivity index (χ1v) is 12.8. The molecule has 1 aromatic heterocycles. The number of ether oxygens (including phenoxy) is 2. The van der Waals surface area contributed by atoms with Gasteiger partial charge >= 0.3 is 0 Å². The van der Waals surface area contributed by atoms with Crippen LogP contribution in [-0.4, -0.2) is 53.2 Å². The fourth-order valence-electron chi connectivity index (χ4n) is 6.19. The number of pyridine rings is 1. The van der Waals surface area contributed by atoms with E-state index >= 15 is 0 Å². The first kappa shape index (κ1) is 23.9. The fourth-order valence-corrected chi connectivity index (χ4v) is 6.19. The van der Waals surface area contributed by atoms with Crippen LogP contribution in [0.25, 0.3) is 0 Å². The molecule has 3 heterocycles. The third-order valence-corrected chi connectivity index (χ3v) is 8.35. The lowest BCUT2D eigenvalue weighted by Gasteiger charge is -2.39. The van der Waals surface area contributed by atoms with Gasteiger partial charge < -0.3 is 24.3 Å². The summed E-state index contributed by atoms with van der Waals surface area (Å²) in [6.45, 7) is 8.68. The molecule has 1 amide bonds. The number of hydrogen-bond acceptors (Lipinski definition) is 5. The normalized spacial score (nSPS) is 25.8. The number of amides is 1. The van der Waals surface area contributed by atoms with Crippen LogP contribution >= 0.6 is 0 Å². The molecule has 1 saturated carbocycles. The van der Waals surface area contributed by atoms with E-state index in [2.05, 4.69) is 24.0 Å². The number of carbonyl (C=O) groups is 1. The van der Waals surface area contributed by atoms with Gasteiger partial charge in [-0.1, -0.05) is 0 Å². The molecular weight excluding hydrogens is 442 g/mol. The number of benzene rings is 1. The summed E-state index contributed by atoms with van der Waals surface area (Å²) in [5.41, 5.74) is 4.80. The van der Waals surface area contributed by atoms with Crippen LogP contribution in [0, 0.1) is 26.7 Å². The number of fused-ring (bicyclic) bond motifs is 2. The second-order valence-electron chi connectivity index (χ2n) is 11.0. The summed E-state index contributed by atoms with van der Waals surface area (Å²) >= 11 is 0. The van der Waals surface area contributed by atoms with Gasteiger partial charge in [-0.25, -0.2) is 0 Å². The minimum atomic E-state index is -0.705. The van der Waals surface area contributed by atoms with Crippen LogP contribution in [0.5, 0.6) is 11.5 Å². The molecule has 0 bridgehead atoms. The van der Waals surface area contributed by atoms with Gasteiger partial charge in [-0.05, 0) is 90.2 Å². The van der Waals surface area contributed by atoms with E-state index in [1.54, 1.807) is 4.90 Å². The number of aromatic nitrogens is 1. The van der Waals surface area contributed by atoms with Crippen molar-refractivity contribution in [3.63, 3.8) is 0 Å². The summed E-state index contributed by atoms with van der Waals surface area (Å²) < 4.78 is 13.0. The summed E-state index contributed by atoms with van der Waals surface area (Å²) in [6.07, 6.45) is 5.12. The van der Waals surface area contributed by atoms with E-state index in [9.17, 15) is 9.59 Å². The molecule has 35 heavy (non-hydrogen) atoms. The number of nitrogens with one attached hydrogen (secondary N) is 1. The fraction of sp³-hybridized carbons (Fsp3) is 0.571. The van der Waals surface area contributed by atoms with Crippen molar-refractivity contribution in [2.75, 3.05) is 20.6 Å². The third kappa shape index (κ3) is 4.14. The van der Waals surface area contributed by atoms with Crippen LogP contribution in [0.4, 0.5) is 0 Å². The summed E-state index contributed by atoms with van der Waals surface area (Å²) in [7, 11) is 4.30. The van der Waals surface area contributed by atoms with Gasteiger partial charge in [-0.3, -0.25) is 9.59 Å². The Labute approximate surface area is 207 Å². The van der Waals surface area contributed by atoms with Crippen molar-refractivity contribution in [2.45, 2.75) is 78.2 Å². The predicted molar refractivity (Wildman–Crippen MR) is 135 cm³/mol. The number of aromatic amines is 1. The molecular formula is C28H37N3O4. The van der Waals surface area contributed by atoms with E-state index in [1.165, 1.54) is 0 Å². The first-order valence-electron chi connectivity index (χ1n) is 12.8. The van der Waals surface area contributed by atoms with Gasteiger partial charge in [0, 0.05) is 47.8 Å². The summed E-state index contributed by atoms with van der Waals surface area (Å²) in [5, 5.41) is 0. The number of hydrogen-bond donors (Lipinski definition) is 1. The summed E-state index contributed by atoms with van der Waals surface area (Å²) in [5.74, 6) is 1.01. The second kappa shape index (κ2) is 8.70. The van der Waals surface area contributed by atoms with Crippen LogP contribution in [0.2, 0.25) is 0 Å². The average Bonchev–Trinajstić information content (AvgIpc) is 3.15. The first-order chi connectivity index (χ1) is 16.6. The van der Waals surface area contributed by atoms with Crippen LogP contribution in [0.1, 0.15) is 70.9 Å². The van der Waals surface area contributed by atoms with Crippen LogP contribution in [0.15, 0.2) is 16.9 Å². The molecule has 1 aliphatic carbocycles. The van der Waals surface area contributed by atoms with Crippen molar-refractivity contribution >= 4 is 5.91 Å². The van der Waals surface area contributed by atoms with Gasteiger partial charge in [0.15, 0.2) is 11.5 Å². The highest BCUT2D eigenvalue weighted by atomic mass is 16.7. The van der Waals surface area contributed by atoms with Crippen molar-refractivity contribution in [1.29, 1.82) is 0 Å². The Hall–Kier alpha value is -2.80. The molecule has 0 radical (unpaired) electrons. The van der Waals surface area contributed by atoms with Crippen LogP contribution in [-0.2, 0) is 13.0 Å². The molecule has 2 aromatic rings. The number of nitrogens with zero attached hydrogens (tertiary/aromatic N) is 2. The van der Waals surface area contributed by atoms with E-state index < -0.39 is 5.79 Å². The van der Waals surface area contributed by atoms with Crippen molar-refractivity contribution < 1.29 is 14.3 Å². The molecule has 5 rings (SSSR count). The minimum Gasteiger partial charge on any atom is -0.448 e. The van der Waals surface area contributed by atoms with Crippen molar-refractivity contribution in [2.24, 2.45) is 5.92 Å². The molecule has 0 spiro atoms. The average molecular weight is 480 g/mol. The van der Waals surface area contributed by atoms with E-state index in [0.29, 0.717) is 41.9 Å². The number of carbonyl (C=O) groups excluding carboxylic acids is 1. The molecule has 7 nitrogen and oxygen atoms in total. The lowest BCUT2D eigenvalue weighted by Crippen LogP contribution is -2.46. The Balaban J connectivity index is 1.38.